The van der Waals surface area contributed by atoms with Crippen LogP contribution in [0.5, 0.6) is 0 Å². The molecule has 1 aliphatic heterocycles. The molecule has 0 aromatic rings. The monoisotopic (exact) mass is 242 g/mol. The Morgan fingerprint density at radius 3 is 2.76 bits per heavy atom. The van der Waals surface area contributed by atoms with Crippen LogP contribution in [-0.2, 0) is 9.53 Å². The number of rotatable bonds is 4. The van der Waals surface area contributed by atoms with Gasteiger partial charge in [-0.15, -0.1) is 0 Å². The van der Waals surface area contributed by atoms with E-state index in [2.05, 4.69) is 31.0 Å². The van der Waals surface area contributed by atoms with Crippen molar-refractivity contribution in [1.29, 1.82) is 0 Å². The van der Waals surface area contributed by atoms with E-state index >= 15 is 0 Å². The third-order valence-corrected chi connectivity index (χ3v) is 3.06. The van der Waals surface area contributed by atoms with Crippen LogP contribution in [0, 0.1) is 5.41 Å². The molecular formula is C13H26N2O2. The highest BCUT2D eigenvalue weighted by Gasteiger charge is 2.30. The molecular weight excluding hydrogens is 216 g/mol. The van der Waals surface area contributed by atoms with Crippen LogP contribution in [0.15, 0.2) is 0 Å². The maximum absolute atomic E-state index is 11.8. The Morgan fingerprint density at radius 1 is 1.47 bits per heavy atom. The standard InChI is InChI=1S/C13H26N2O2/c1-5-17-12(16)11-10-14-7-9-15(11)8-6-13(2,3)4/h11,14H,5-10H2,1-4H3. The van der Waals surface area contributed by atoms with Crippen LogP contribution >= 0.6 is 0 Å². The lowest BCUT2D eigenvalue weighted by Crippen LogP contribution is -2.55. The zero-order valence-electron chi connectivity index (χ0n) is 11.6. The molecule has 0 radical (unpaired) electrons. The minimum Gasteiger partial charge on any atom is -0.465 e. The third-order valence-electron chi connectivity index (χ3n) is 3.06. The SMILES string of the molecule is CCOC(=O)C1CNCCN1CCC(C)(C)C. The summed E-state index contributed by atoms with van der Waals surface area (Å²) in [5, 5.41) is 3.26. The van der Waals surface area contributed by atoms with E-state index in [0.717, 1.165) is 26.1 Å². The zero-order valence-corrected chi connectivity index (χ0v) is 11.6. The fourth-order valence-corrected chi connectivity index (χ4v) is 1.96. The van der Waals surface area contributed by atoms with Crippen LogP contribution in [0.25, 0.3) is 0 Å². The highest BCUT2D eigenvalue weighted by molar-refractivity contribution is 5.76. The lowest BCUT2D eigenvalue weighted by molar-refractivity contribution is -0.150. The zero-order chi connectivity index (χ0) is 12.9. The first-order valence-corrected chi connectivity index (χ1v) is 6.55. The molecule has 0 saturated carbocycles. The van der Waals surface area contributed by atoms with Gasteiger partial charge in [0.05, 0.1) is 6.61 Å². The molecule has 0 aliphatic carbocycles. The fourth-order valence-electron chi connectivity index (χ4n) is 1.96. The number of carbonyl (C=O) groups excluding carboxylic acids is 1. The van der Waals surface area contributed by atoms with Gasteiger partial charge in [-0.2, -0.15) is 0 Å². The summed E-state index contributed by atoms with van der Waals surface area (Å²) in [5.41, 5.74) is 0.310. The van der Waals surface area contributed by atoms with Gasteiger partial charge in [-0.3, -0.25) is 9.69 Å². The van der Waals surface area contributed by atoms with Gasteiger partial charge in [-0.1, -0.05) is 20.8 Å². The molecule has 4 heteroatoms. The largest absolute Gasteiger partial charge is 0.465 e. The van der Waals surface area contributed by atoms with Crippen molar-refractivity contribution in [2.45, 2.75) is 40.2 Å². The lowest BCUT2D eigenvalue weighted by Gasteiger charge is -2.36. The van der Waals surface area contributed by atoms with Gasteiger partial charge >= 0.3 is 5.97 Å². The molecule has 0 bridgehead atoms. The molecule has 1 heterocycles. The summed E-state index contributed by atoms with van der Waals surface area (Å²) >= 11 is 0. The average molecular weight is 242 g/mol. The Morgan fingerprint density at radius 2 is 2.18 bits per heavy atom. The predicted molar refractivity (Wildman–Crippen MR) is 68.9 cm³/mol. The van der Waals surface area contributed by atoms with Gasteiger partial charge in [0.1, 0.15) is 6.04 Å². The first-order chi connectivity index (χ1) is 7.94. The maximum Gasteiger partial charge on any atom is 0.324 e. The van der Waals surface area contributed by atoms with Crippen molar-refractivity contribution in [2.75, 3.05) is 32.8 Å². The topological polar surface area (TPSA) is 41.6 Å². The summed E-state index contributed by atoms with van der Waals surface area (Å²) < 4.78 is 5.12. The number of nitrogens with one attached hydrogen (secondary N) is 1. The minimum absolute atomic E-state index is 0.0893. The van der Waals surface area contributed by atoms with E-state index in [9.17, 15) is 4.79 Å². The highest BCUT2D eigenvalue weighted by Crippen LogP contribution is 2.20. The molecule has 1 rings (SSSR count). The third kappa shape index (κ3) is 5.04. The Kier molecular flexibility index (Phi) is 5.40. The molecule has 4 nitrogen and oxygen atoms in total. The first kappa shape index (κ1) is 14.5. The van der Waals surface area contributed by atoms with Gasteiger partial charge < -0.3 is 10.1 Å². The first-order valence-electron chi connectivity index (χ1n) is 6.55. The van der Waals surface area contributed by atoms with Crippen LogP contribution in [0.4, 0.5) is 0 Å². The van der Waals surface area contributed by atoms with Gasteiger partial charge in [-0.05, 0) is 25.3 Å². The second-order valence-corrected chi connectivity index (χ2v) is 5.82. The molecule has 1 unspecified atom stereocenters. The van der Waals surface area contributed by atoms with E-state index in [0.29, 0.717) is 18.6 Å². The Hall–Kier alpha value is -0.610. The Balaban J connectivity index is 2.50. The van der Waals surface area contributed by atoms with Gasteiger partial charge in [0.25, 0.3) is 0 Å². The van der Waals surface area contributed by atoms with Gasteiger partial charge in [-0.25, -0.2) is 0 Å². The summed E-state index contributed by atoms with van der Waals surface area (Å²) in [6.45, 7) is 12.6. The average Bonchev–Trinajstić information content (AvgIpc) is 2.26. The molecule has 0 amide bonds. The normalized spacial score (nSPS) is 22.5. The summed E-state index contributed by atoms with van der Waals surface area (Å²) in [6, 6.07) is -0.106. The molecule has 1 aliphatic rings. The predicted octanol–water partition coefficient (Wildman–Crippen LogP) is 1.26. The van der Waals surface area contributed by atoms with Gasteiger partial charge in [0, 0.05) is 19.6 Å². The van der Waals surface area contributed by atoms with Crippen LogP contribution in [-0.4, -0.2) is 49.7 Å². The number of nitrogens with zero attached hydrogens (tertiary/aromatic N) is 1. The van der Waals surface area contributed by atoms with Crippen molar-refractivity contribution in [1.82, 2.24) is 10.2 Å². The number of piperazine rings is 1. The second kappa shape index (κ2) is 6.36. The van der Waals surface area contributed by atoms with Crippen molar-refractivity contribution in [3.05, 3.63) is 0 Å². The highest BCUT2D eigenvalue weighted by atomic mass is 16.5. The Labute approximate surface area is 105 Å². The molecule has 0 spiro atoms. The molecule has 1 saturated heterocycles. The summed E-state index contributed by atoms with van der Waals surface area (Å²) in [4.78, 5) is 14.1. The molecule has 0 aromatic heterocycles. The minimum atomic E-state index is -0.106. The van der Waals surface area contributed by atoms with Crippen LogP contribution in [0.3, 0.4) is 0 Å². The maximum atomic E-state index is 11.8. The molecule has 1 fully saturated rings. The second-order valence-electron chi connectivity index (χ2n) is 5.82. The van der Waals surface area contributed by atoms with Crippen molar-refractivity contribution in [2.24, 2.45) is 5.41 Å². The van der Waals surface area contributed by atoms with Gasteiger partial charge in [0.2, 0.25) is 0 Å². The quantitative estimate of drug-likeness (QED) is 0.754. The van der Waals surface area contributed by atoms with Crippen molar-refractivity contribution in [3.63, 3.8) is 0 Å². The van der Waals surface area contributed by atoms with Crippen LogP contribution < -0.4 is 5.32 Å². The number of esters is 1. The molecule has 100 valence electrons. The molecule has 17 heavy (non-hydrogen) atoms. The van der Waals surface area contributed by atoms with Crippen molar-refractivity contribution in [3.8, 4) is 0 Å². The van der Waals surface area contributed by atoms with Crippen LogP contribution in [0.2, 0.25) is 0 Å². The van der Waals surface area contributed by atoms with E-state index in [4.69, 9.17) is 4.74 Å². The van der Waals surface area contributed by atoms with Crippen molar-refractivity contribution < 1.29 is 9.53 Å². The van der Waals surface area contributed by atoms with E-state index in [1.807, 2.05) is 6.92 Å². The molecule has 1 N–H and O–H groups in total. The number of hydrogen-bond acceptors (Lipinski definition) is 4. The Bertz CT molecular complexity index is 248. The van der Waals surface area contributed by atoms with E-state index in [1.165, 1.54) is 0 Å². The lowest BCUT2D eigenvalue weighted by atomic mass is 9.92. The number of hydrogen-bond donors (Lipinski definition) is 1. The smallest absolute Gasteiger partial charge is 0.324 e. The molecule has 1 atom stereocenters. The number of ether oxygens (including phenoxy) is 1. The number of carbonyl (C=O) groups is 1. The van der Waals surface area contributed by atoms with E-state index < -0.39 is 0 Å². The summed E-state index contributed by atoms with van der Waals surface area (Å²) in [7, 11) is 0. The molecule has 0 aromatic carbocycles. The summed E-state index contributed by atoms with van der Waals surface area (Å²) in [6.07, 6.45) is 1.10. The van der Waals surface area contributed by atoms with E-state index in [-0.39, 0.29) is 12.0 Å². The van der Waals surface area contributed by atoms with E-state index in [1.54, 1.807) is 0 Å². The van der Waals surface area contributed by atoms with Gasteiger partial charge in [0.15, 0.2) is 0 Å². The summed E-state index contributed by atoms with van der Waals surface area (Å²) in [5.74, 6) is -0.0893. The van der Waals surface area contributed by atoms with Crippen LogP contribution in [0.1, 0.15) is 34.1 Å². The van der Waals surface area contributed by atoms with Crippen molar-refractivity contribution >= 4 is 5.97 Å². The fraction of sp³-hybridized carbons (Fsp3) is 0.923.